The number of likely N-dealkylation sites (N-methyl/N-ethyl adjacent to an activating group) is 1. The summed E-state index contributed by atoms with van der Waals surface area (Å²) in [7, 11) is 1.54. The van der Waals surface area contributed by atoms with Crippen LogP contribution < -0.4 is 14.5 Å². The number of nitrogens with one attached hydrogen (secondary N) is 1. The number of carbonyl (C=O) groups is 2. The molecule has 6 heteroatoms. The highest BCUT2D eigenvalue weighted by molar-refractivity contribution is 6.29. The Morgan fingerprint density at radius 1 is 1.17 bits per heavy atom. The van der Waals surface area contributed by atoms with Gasteiger partial charge in [-0.3, -0.25) is 14.6 Å². The topological polar surface area (TPSA) is 63.4 Å². The number of imide groups is 1. The highest BCUT2D eigenvalue weighted by Gasteiger charge is 2.40. The van der Waals surface area contributed by atoms with Crippen LogP contribution in [-0.2, 0) is 4.79 Å². The van der Waals surface area contributed by atoms with Gasteiger partial charge in [0.05, 0.1) is 38.3 Å². The molecule has 1 fully saturated rings. The number of benzene rings is 2. The predicted molar refractivity (Wildman–Crippen MR) is 117 cm³/mol. The molecule has 0 bridgehead atoms. The van der Waals surface area contributed by atoms with Crippen molar-refractivity contribution in [3.8, 4) is 5.75 Å². The van der Waals surface area contributed by atoms with E-state index in [9.17, 15) is 9.59 Å². The van der Waals surface area contributed by atoms with E-state index in [-0.39, 0.29) is 11.8 Å². The van der Waals surface area contributed by atoms with Crippen LogP contribution in [-0.4, -0.2) is 50.8 Å². The van der Waals surface area contributed by atoms with Crippen molar-refractivity contribution in [2.45, 2.75) is 31.7 Å². The molecule has 3 atom stereocenters. The molecule has 156 valence electrons. The predicted octanol–water partition coefficient (Wildman–Crippen LogP) is 2.10. The number of methoxy groups -OCH3 is 1. The van der Waals surface area contributed by atoms with Crippen molar-refractivity contribution in [1.29, 1.82) is 0 Å². The standard InChI is InChI=1S/C24H27N3O3/c1-3-26-14-8-9-17(26)15-25-16-20-18-10-4-5-11-19(18)23(28)27(24(20)29)21-12-6-7-13-22(21)30-2/h4-7,10-13,16-17,20H,3,8-9,14-15H2,1-2H3/p+1/t17-,20?/m1/s1. The van der Waals surface area contributed by atoms with Gasteiger partial charge in [-0.25, -0.2) is 4.90 Å². The minimum absolute atomic E-state index is 0.293. The van der Waals surface area contributed by atoms with Crippen LogP contribution in [0.2, 0.25) is 0 Å². The van der Waals surface area contributed by atoms with E-state index in [1.807, 2.05) is 24.3 Å². The SMILES string of the molecule is CC[NH+]1CCC[C@@H]1CN=CC1C(=O)N(c2ccccc2OC)C(=O)c2ccccc21. The lowest BCUT2D eigenvalue weighted by atomic mass is 9.88. The van der Waals surface area contributed by atoms with E-state index in [1.165, 1.54) is 31.4 Å². The molecule has 2 unspecified atom stereocenters. The fraction of sp³-hybridized carbons (Fsp3) is 0.375. The van der Waals surface area contributed by atoms with Crippen LogP contribution in [0.15, 0.2) is 53.5 Å². The summed E-state index contributed by atoms with van der Waals surface area (Å²) >= 11 is 0. The van der Waals surface area contributed by atoms with Gasteiger partial charge >= 0.3 is 0 Å². The van der Waals surface area contributed by atoms with Crippen molar-refractivity contribution < 1.29 is 19.2 Å². The number of aliphatic imine (C=N–C) groups is 1. The van der Waals surface area contributed by atoms with E-state index in [4.69, 9.17) is 4.74 Å². The van der Waals surface area contributed by atoms with Crippen LogP contribution >= 0.6 is 0 Å². The quantitative estimate of drug-likeness (QED) is 0.590. The Morgan fingerprint density at radius 2 is 1.93 bits per heavy atom. The molecular weight excluding hydrogens is 378 g/mol. The van der Waals surface area contributed by atoms with Crippen molar-refractivity contribution in [3.05, 3.63) is 59.7 Å². The molecule has 0 saturated carbocycles. The van der Waals surface area contributed by atoms with Crippen LogP contribution in [0.3, 0.4) is 0 Å². The van der Waals surface area contributed by atoms with Crippen molar-refractivity contribution in [2.24, 2.45) is 4.99 Å². The summed E-state index contributed by atoms with van der Waals surface area (Å²) in [5.74, 6) is -0.724. The average Bonchev–Trinajstić information content (AvgIpc) is 3.24. The molecule has 0 radical (unpaired) electrons. The first-order valence-electron chi connectivity index (χ1n) is 10.6. The number of fused-ring (bicyclic) bond motifs is 1. The number of hydrogen-bond donors (Lipinski definition) is 1. The Bertz CT molecular complexity index is 972. The number of hydrogen-bond acceptors (Lipinski definition) is 4. The van der Waals surface area contributed by atoms with E-state index in [2.05, 4.69) is 11.9 Å². The zero-order chi connectivity index (χ0) is 21.1. The monoisotopic (exact) mass is 406 g/mol. The second-order valence-electron chi connectivity index (χ2n) is 7.83. The van der Waals surface area contributed by atoms with Gasteiger partial charge in [0.1, 0.15) is 11.8 Å². The van der Waals surface area contributed by atoms with Crippen LogP contribution in [0.25, 0.3) is 0 Å². The Balaban J connectivity index is 1.67. The zero-order valence-corrected chi connectivity index (χ0v) is 17.5. The minimum atomic E-state index is -0.588. The molecule has 2 aromatic rings. The number of para-hydroxylation sites is 2. The van der Waals surface area contributed by atoms with E-state index in [0.717, 1.165) is 6.54 Å². The summed E-state index contributed by atoms with van der Waals surface area (Å²) in [4.78, 5) is 34.2. The minimum Gasteiger partial charge on any atom is -0.495 e. The van der Waals surface area contributed by atoms with Crippen LogP contribution in [0, 0.1) is 0 Å². The summed E-state index contributed by atoms with van der Waals surface area (Å²) in [5.41, 5.74) is 1.70. The molecule has 6 nitrogen and oxygen atoms in total. The summed E-state index contributed by atoms with van der Waals surface area (Å²) in [6.07, 6.45) is 4.13. The maximum absolute atomic E-state index is 13.5. The molecule has 0 aliphatic carbocycles. The normalized spacial score (nSPS) is 23.8. The fourth-order valence-corrected chi connectivity index (χ4v) is 4.61. The lowest BCUT2D eigenvalue weighted by Gasteiger charge is -2.31. The Labute approximate surface area is 177 Å². The third-order valence-electron chi connectivity index (χ3n) is 6.20. The van der Waals surface area contributed by atoms with Gasteiger partial charge in [0.15, 0.2) is 0 Å². The van der Waals surface area contributed by atoms with Crippen LogP contribution in [0.4, 0.5) is 5.69 Å². The van der Waals surface area contributed by atoms with E-state index in [0.29, 0.717) is 35.2 Å². The number of ether oxygens (including phenoxy) is 1. The highest BCUT2D eigenvalue weighted by Crippen LogP contribution is 2.36. The third-order valence-corrected chi connectivity index (χ3v) is 6.20. The first-order chi connectivity index (χ1) is 14.7. The Kier molecular flexibility index (Phi) is 5.95. The van der Waals surface area contributed by atoms with Crippen molar-refractivity contribution in [1.82, 2.24) is 0 Å². The van der Waals surface area contributed by atoms with Crippen LogP contribution in [0.1, 0.15) is 41.6 Å². The first kappa shape index (κ1) is 20.3. The first-order valence-corrected chi connectivity index (χ1v) is 10.6. The summed E-state index contributed by atoms with van der Waals surface area (Å²) < 4.78 is 5.41. The zero-order valence-electron chi connectivity index (χ0n) is 17.5. The molecule has 2 aliphatic heterocycles. The van der Waals surface area contributed by atoms with Gasteiger partial charge in [0, 0.05) is 24.6 Å². The van der Waals surface area contributed by atoms with Gasteiger partial charge in [0.2, 0.25) is 5.91 Å². The number of anilines is 1. The molecule has 2 heterocycles. The third kappa shape index (κ3) is 3.63. The molecule has 1 N–H and O–H groups in total. The van der Waals surface area contributed by atoms with Gasteiger partial charge in [0.25, 0.3) is 5.91 Å². The molecule has 30 heavy (non-hydrogen) atoms. The van der Waals surface area contributed by atoms with Gasteiger partial charge < -0.3 is 9.64 Å². The number of quaternary nitrogens is 1. The van der Waals surface area contributed by atoms with Crippen molar-refractivity contribution in [3.63, 3.8) is 0 Å². The summed E-state index contributed by atoms with van der Waals surface area (Å²) in [6.45, 7) is 5.20. The molecule has 0 aromatic heterocycles. The van der Waals surface area contributed by atoms with Crippen molar-refractivity contribution in [2.75, 3.05) is 31.6 Å². The second-order valence-corrected chi connectivity index (χ2v) is 7.83. The summed E-state index contributed by atoms with van der Waals surface area (Å²) in [5, 5.41) is 0. The Morgan fingerprint density at radius 3 is 2.73 bits per heavy atom. The van der Waals surface area contributed by atoms with Crippen molar-refractivity contribution >= 4 is 23.7 Å². The largest absolute Gasteiger partial charge is 0.495 e. The van der Waals surface area contributed by atoms with Crippen LogP contribution in [0.5, 0.6) is 5.75 Å². The number of nitrogens with zero attached hydrogens (tertiary/aromatic N) is 2. The lowest BCUT2D eigenvalue weighted by Crippen LogP contribution is -3.13. The number of carbonyl (C=O) groups excluding carboxylic acids is 2. The van der Waals surface area contributed by atoms with Gasteiger partial charge in [-0.2, -0.15) is 0 Å². The molecular formula is C24H28N3O3+. The molecule has 2 aromatic carbocycles. The highest BCUT2D eigenvalue weighted by atomic mass is 16.5. The fourth-order valence-electron chi connectivity index (χ4n) is 4.61. The number of rotatable bonds is 6. The van der Waals surface area contributed by atoms with E-state index < -0.39 is 5.92 Å². The molecule has 2 amide bonds. The van der Waals surface area contributed by atoms with Gasteiger partial charge in [-0.15, -0.1) is 0 Å². The molecule has 1 saturated heterocycles. The number of amides is 2. The second kappa shape index (κ2) is 8.79. The molecule has 0 spiro atoms. The molecule has 4 rings (SSSR count). The van der Waals surface area contributed by atoms with E-state index in [1.54, 1.807) is 35.4 Å². The van der Waals surface area contributed by atoms with E-state index >= 15 is 0 Å². The summed E-state index contributed by atoms with van der Waals surface area (Å²) in [6, 6.07) is 14.9. The number of likely N-dealkylation sites (tertiary alicyclic amines) is 1. The molecule has 2 aliphatic rings. The maximum Gasteiger partial charge on any atom is 0.265 e. The average molecular weight is 407 g/mol. The van der Waals surface area contributed by atoms with Gasteiger partial charge in [-0.05, 0) is 30.7 Å². The maximum atomic E-state index is 13.5. The smallest absolute Gasteiger partial charge is 0.265 e. The Hall–Kier alpha value is -2.99. The van der Waals surface area contributed by atoms with Gasteiger partial charge in [-0.1, -0.05) is 30.3 Å². The lowest BCUT2D eigenvalue weighted by molar-refractivity contribution is -0.908.